The molecule has 1 aliphatic rings. The van der Waals surface area contributed by atoms with Crippen molar-refractivity contribution in [3.63, 3.8) is 0 Å². The highest BCUT2D eigenvalue weighted by Gasteiger charge is 2.47. The smallest absolute Gasteiger partial charge is 0.236 e. The number of thioether (sulfide) groups is 1. The van der Waals surface area contributed by atoms with Crippen LogP contribution in [0, 0.1) is 0 Å². The fourth-order valence-electron chi connectivity index (χ4n) is 1.77. The number of rotatable bonds is 3. The zero-order chi connectivity index (χ0) is 10.1. The predicted octanol–water partition coefficient (Wildman–Crippen LogP) is 2.53. The van der Waals surface area contributed by atoms with Crippen LogP contribution in [-0.2, 0) is 4.79 Å². The Labute approximate surface area is 84.9 Å². The van der Waals surface area contributed by atoms with E-state index in [0.29, 0.717) is 0 Å². The van der Waals surface area contributed by atoms with Crippen molar-refractivity contribution < 1.29 is 4.79 Å². The van der Waals surface area contributed by atoms with E-state index < -0.39 is 0 Å². The Morgan fingerprint density at radius 1 is 1.38 bits per heavy atom. The lowest BCUT2D eigenvalue weighted by molar-refractivity contribution is -0.122. The van der Waals surface area contributed by atoms with Gasteiger partial charge in [-0.05, 0) is 26.7 Å². The Hall–Kier alpha value is -0.180. The highest BCUT2D eigenvalue weighted by molar-refractivity contribution is 8.03. The van der Waals surface area contributed by atoms with Crippen LogP contribution in [0.25, 0.3) is 0 Å². The highest BCUT2D eigenvalue weighted by atomic mass is 32.2. The van der Waals surface area contributed by atoms with Crippen molar-refractivity contribution >= 4 is 17.7 Å². The van der Waals surface area contributed by atoms with Gasteiger partial charge >= 0.3 is 0 Å². The summed E-state index contributed by atoms with van der Waals surface area (Å²) in [6.45, 7) is 8.31. The molecule has 0 bridgehead atoms. The molecule has 2 nitrogen and oxygen atoms in total. The first kappa shape index (κ1) is 10.9. The first-order valence-electron chi connectivity index (χ1n) is 4.98. The fourth-order valence-corrected chi connectivity index (χ4v) is 3.49. The summed E-state index contributed by atoms with van der Waals surface area (Å²) in [6.07, 6.45) is 3.21. The summed E-state index contributed by atoms with van der Waals surface area (Å²) < 4.78 is -0.245. The van der Waals surface area contributed by atoms with Crippen molar-refractivity contribution in [3.05, 3.63) is 0 Å². The zero-order valence-electron chi connectivity index (χ0n) is 8.94. The average molecular weight is 201 g/mol. The summed E-state index contributed by atoms with van der Waals surface area (Å²) >= 11 is 1.79. The highest BCUT2D eigenvalue weighted by Crippen LogP contribution is 2.45. The topological polar surface area (TPSA) is 29.1 Å². The van der Waals surface area contributed by atoms with Crippen LogP contribution in [0.3, 0.4) is 0 Å². The van der Waals surface area contributed by atoms with Crippen LogP contribution in [0.5, 0.6) is 0 Å². The van der Waals surface area contributed by atoms with Crippen molar-refractivity contribution in [2.24, 2.45) is 0 Å². The van der Waals surface area contributed by atoms with Gasteiger partial charge < -0.3 is 5.32 Å². The van der Waals surface area contributed by atoms with Crippen LogP contribution in [0.1, 0.15) is 47.0 Å². The molecule has 3 heteroatoms. The summed E-state index contributed by atoms with van der Waals surface area (Å²) in [4.78, 5) is 11.6. The van der Waals surface area contributed by atoms with Gasteiger partial charge in [-0.1, -0.05) is 20.3 Å². The van der Waals surface area contributed by atoms with E-state index in [1.54, 1.807) is 11.8 Å². The first-order valence-corrected chi connectivity index (χ1v) is 5.80. The number of hydrogen-bond acceptors (Lipinski definition) is 2. The Bertz CT molecular complexity index is 215. The van der Waals surface area contributed by atoms with E-state index in [1.807, 2.05) is 13.8 Å². The third-order valence-electron chi connectivity index (χ3n) is 2.56. The predicted molar refractivity (Wildman–Crippen MR) is 57.7 cm³/mol. The van der Waals surface area contributed by atoms with Crippen molar-refractivity contribution in [1.82, 2.24) is 5.32 Å². The van der Waals surface area contributed by atoms with Gasteiger partial charge in [-0.25, -0.2) is 0 Å². The summed E-state index contributed by atoms with van der Waals surface area (Å²) in [5.74, 6) is 0.188. The average Bonchev–Trinajstić information content (AvgIpc) is 2.24. The molecule has 13 heavy (non-hydrogen) atoms. The van der Waals surface area contributed by atoms with Crippen molar-refractivity contribution in [2.45, 2.75) is 56.6 Å². The summed E-state index contributed by atoms with van der Waals surface area (Å²) in [5, 5.41) is 3.13. The quantitative estimate of drug-likeness (QED) is 0.760. The van der Waals surface area contributed by atoms with Gasteiger partial charge in [0, 0.05) is 0 Å². The molecular weight excluding hydrogens is 182 g/mol. The largest absolute Gasteiger partial charge is 0.340 e. The van der Waals surface area contributed by atoms with Crippen LogP contribution in [-0.4, -0.2) is 15.5 Å². The number of amides is 1. The standard InChI is InChI=1S/C10H19NOS/c1-5-7-10(6-2)11-8(12)9(3,4)13-10/h5-7H2,1-4H3,(H,11,12). The van der Waals surface area contributed by atoms with E-state index >= 15 is 0 Å². The minimum Gasteiger partial charge on any atom is -0.340 e. The molecule has 1 aliphatic heterocycles. The third kappa shape index (κ3) is 2.01. The Balaban J connectivity index is 2.78. The van der Waals surface area contributed by atoms with Gasteiger partial charge in [0.1, 0.15) is 0 Å². The molecule has 1 N–H and O–H groups in total. The van der Waals surface area contributed by atoms with Crippen LogP contribution in [0.4, 0.5) is 0 Å². The Morgan fingerprint density at radius 3 is 2.31 bits per heavy atom. The maximum Gasteiger partial charge on any atom is 0.236 e. The van der Waals surface area contributed by atoms with Gasteiger partial charge in [0.15, 0.2) is 0 Å². The zero-order valence-corrected chi connectivity index (χ0v) is 9.75. The molecule has 1 fully saturated rings. The Kier molecular flexibility index (Phi) is 2.95. The molecule has 1 amide bonds. The fraction of sp³-hybridized carbons (Fsp3) is 0.900. The Morgan fingerprint density at radius 2 is 2.00 bits per heavy atom. The van der Waals surface area contributed by atoms with E-state index in [2.05, 4.69) is 19.2 Å². The maximum absolute atomic E-state index is 11.6. The molecule has 0 aromatic carbocycles. The number of carbonyl (C=O) groups is 1. The van der Waals surface area contributed by atoms with Crippen LogP contribution < -0.4 is 5.32 Å². The van der Waals surface area contributed by atoms with Crippen molar-refractivity contribution in [1.29, 1.82) is 0 Å². The van der Waals surface area contributed by atoms with E-state index in [1.165, 1.54) is 0 Å². The second-order valence-electron chi connectivity index (χ2n) is 4.16. The summed E-state index contributed by atoms with van der Waals surface area (Å²) in [6, 6.07) is 0. The van der Waals surface area contributed by atoms with E-state index in [4.69, 9.17) is 0 Å². The lowest BCUT2D eigenvalue weighted by atomic mass is 10.1. The van der Waals surface area contributed by atoms with Crippen molar-refractivity contribution in [3.8, 4) is 0 Å². The van der Waals surface area contributed by atoms with Gasteiger partial charge in [-0.2, -0.15) is 0 Å². The molecule has 0 spiro atoms. The second-order valence-corrected chi connectivity index (χ2v) is 6.17. The molecule has 0 aromatic heterocycles. The lowest BCUT2D eigenvalue weighted by Gasteiger charge is -2.27. The molecule has 76 valence electrons. The van der Waals surface area contributed by atoms with Gasteiger partial charge in [0.05, 0.1) is 9.62 Å². The van der Waals surface area contributed by atoms with Crippen molar-refractivity contribution in [2.75, 3.05) is 0 Å². The minimum absolute atomic E-state index is 0.00926. The monoisotopic (exact) mass is 201 g/mol. The SMILES string of the molecule is CCCC1(CC)NC(=O)C(C)(C)S1. The molecule has 1 atom stereocenters. The number of carbonyl (C=O) groups excluding carboxylic acids is 1. The first-order chi connectivity index (χ1) is 5.96. The van der Waals surface area contributed by atoms with Gasteiger partial charge in [-0.15, -0.1) is 11.8 Å². The van der Waals surface area contributed by atoms with E-state index in [0.717, 1.165) is 19.3 Å². The van der Waals surface area contributed by atoms with E-state index in [-0.39, 0.29) is 15.5 Å². The second kappa shape index (κ2) is 3.52. The molecule has 1 unspecified atom stereocenters. The van der Waals surface area contributed by atoms with Crippen LogP contribution in [0.2, 0.25) is 0 Å². The molecule has 0 saturated carbocycles. The van der Waals surface area contributed by atoms with Crippen LogP contribution in [0.15, 0.2) is 0 Å². The van der Waals surface area contributed by atoms with Crippen LogP contribution >= 0.6 is 11.8 Å². The molecule has 0 aliphatic carbocycles. The number of hydrogen-bond donors (Lipinski definition) is 1. The normalized spacial score (nSPS) is 31.8. The maximum atomic E-state index is 11.6. The molecule has 1 saturated heterocycles. The molecule has 1 heterocycles. The number of nitrogens with one attached hydrogen (secondary N) is 1. The summed E-state index contributed by atoms with van der Waals surface area (Å²) in [5.41, 5.74) is 0. The summed E-state index contributed by atoms with van der Waals surface area (Å²) in [7, 11) is 0. The third-order valence-corrected chi connectivity index (χ3v) is 4.24. The minimum atomic E-state index is -0.245. The molecule has 0 aromatic rings. The molecule has 1 rings (SSSR count). The lowest BCUT2D eigenvalue weighted by Crippen LogP contribution is -2.40. The van der Waals surface area contributed by atoms with Gasteiger partial charge in [-0.3, -0.25) is 4.79 Å². The molecule has 0 radical (unpaired) electrons. The van der Waals surface area contributed by atoms with Gasteiger partial charge in [0.2, 0.25) is 5.91 Å². The van der Waals surface area contributed by atoms with E-state index in [9.17, 15) is 4.79 Å². The molecular formula is C10H19NOS. The van der Waals surface area contributed by atoms with Gasteiger partial charge in [0.25, 0.3) is 0 Å².